The maximum absolute atomic E-state index is 11.6. The van der Waals surface area contributed by atoms with E-state index in [1.807, 2.05) is 38.1 Å². The highest BCUT2D eigenvalue weighted by Crippen LogP contribution is 2.18. The van der Waals surface area contributed by atoms with E-state index in [4.69, 9.17) is 10.5 Å². The average molecular weight is 293 g/mol. The van der Waals surface area contributed by atoms with Crippen molar-refractivity contribution in [3.63, 3.8) is 0 Å². The monoisotopic (exact) mass is 293 g/mol. The van der Waals surface area contributed by atoms with E-state index in [1.54, 1.807) is 0 Å². The van der Waals surface area contributed by atoms with Crippen LogP contribution < -0.4 is 21.1 Å². The SMILES string of the molecule is CCC(CNC(=O)CNC(=O)CN)Oc1ccccc1C. The van der Waals surface area contributed by atoms with Gasteiger partial charge in [0.2, 0.25) is 11.8 Å². The van der Waals surface area contributed by atoms with Crippen LogP contribution in [0.4, 0.5) is 0 Å². The molecule has 0 saturated carbocycles. The van der Waals surface area contributed by atoms with Crippen LogP contribution in [0.1, 0.15) is 18.9 Å². The number of carbonyl (C=O) groups is 2. The van der Waals surface area contributed by atoms with E-state index < -0.39 is 0 Å². The highest BCUT2D eigenvalue weighted by Gasteiger charge is 2.11. The largest absolute Gasteiger partial charge is 0.488 e. The number of hydrogen-bond donors (Lipinski definition) is 3. The summed E-state index contributed by atoms with van der Waals surface area (Å²) in [5, 5.41) is 5.15. The van der Waals surface area contributed by atoms with E-state index in [0.717, 1.165) is 17.7 Å². The molecular formula is C15H23N3O3. The summed E-state index contributed by atoms with van der Waals surface area (Å²) in [7, 11) is 0. The summed E-state index contributed by atoms with van der Waals surface area (Å²) in [6, 6.07) is 7.74. The van der Waals surface area contributed by atoms with E-state index >= 15 is 0 Å². The number of ether oxygens (including phenoxy) is 1. The molecule has 0 heterocycles. The second-order valence-electron chi connectivity index (χ2n) is 4.70. The molecule has 0 radical (unpaired) electrons. The molecule has 116 valence electrons. The maximum Gasteiger partial charge on any atom is 0.239 e. The minimum atomic E-state index is -0.353. The zero-order valence-corrected chi connectivity index (χ0v) is 12.5. The molecular weight excluding hydrogens is 270 g/mol. The quantitative estimate of drug-likeness (QED) is 0.644. The fourth-order valence-corrected chi connectivity index (χ4v) is 1.68. The van der Waals surface area contributed by atoms with Crippen molar-refractivity contribution in [3.8, 4) is 5.75 Å². The first-order chi connectivity index (χ1) is 10.1. The lowest BCUT2D eigenvalue weighted by atomic mass is 10.2. The number of para-hydroxylation sites is 1. The Morgan fingerprint density at radius 3 is 2.57 bits per heavy atom. The third-order valence-electron chi connectivity index (χ3n) is 3.00. The van der Waals surface area contributed by atoms with E-state index in [0.29, 0.717) is 6.54 Å². The van der Waals surface area contributed by atoms with Crippen molar-refractivity contribution >= 4 is 11.8 Å². The highest BCUT2D eigenvalue weighted by molar-refractivity contribution is 5.85. The van der Waals surface area contributed by atoms with Crippen LogP contribution in [-0.4, -0.2) is 37.6 Å². The molecule has 0 aliphatic heterocycles. The predicted molar refractivity (Wildman–Crippen MR) is 81.0 cm³/mol. The Kier molecular flexibility index (Phi) is 7.25. The minimum Gasteiger partial charge on any atom is -0.488 e. The number of nitrogens with one attached hydrogen (secondary N) is 2. The summed E-state index contributed by atoms with van der Waals surface area (Å²) in [5.74, 6) is 0.201. The normalized spacial score (nSPS) is 11.6. The van der Waals surface area contributed by atoms with Crippen molar-refractivity contribution in [2.75, 3.05) is 19.6 Å². The highest BCUT2D eigenvalue weighted by atomic mass is 16.5. The molecule has 6 nitrogen and oxygen atoms in total. The third-order valence-corrected chi connectivity index (χ3v) is 3.00. The lowest BCUT2D eigenvalue weighted by Crippen LogP contribution is -2.42. The predicted octanol–water partition coefficient (Wildman–Crippen LogP) is 0.344. The van der Waals surface area contributed by atoms with Gasteiger partial charge < -0.3 is 21.1 Å². The van der Waals surface area contributed by atoms with Gasteiger partial charge in [-0.05, 0) is 25.0 Å². The van der Waals surface area contributed by atoms with Gasteiger partial charge in [-0.15, -0.1) is 0 Å². The summed E-state index contributed by atoms with van der Waals surface area (Å²) in [6.07, 6.45) is 0.657. The Morgan fingerprint density at radius 1 is 1.24 bits per heavy atom. The molecule has 0 spiro atoms. The molecule has 0 aliphatic rings. The summed E-state index contributed by atoms with van der Waals surface area (Å²) in [4.78, 5) is 22.5. The van der Waals surface area contributed by atoms with Crippen LogP contribution >= 0.6 is 0 Å². The molecule has 1 aromatic rings. The fourth-order valence-electron chi connectivity index (χ4n) is 1.68. The second kappa shape index (κ2) is 8.97. The number of rotatable bonds is 8. The van der Waals surface area contributed by atoms with Gasteiger partial charge in [0, 0.05) is 0 Å². The fraction of sp³-hybridized carbons (Fsp3) is 0.467. The Labute approximate surface area is 125 Å². The van der Waals surface area contributed by atoms with E-state index in [2.05, 4.69) is 10.6 Å². The zero-order valence-electron chi connectivity index (χ0n) is 12.5. The lowest BCUT2D eigenvalue weighted by Gasteiger charge is -2.19. The molecule has 0 aliphatic carbocycles. The molecule has 1 atom stereocenters. The molecule has 0 saturated heterocycles. The maximum atomic E-state index is 11.6. The molecule has 0 aromatic heterocycles. The summed E-state index contributed by atoms with van der Waals surface area (Å²) in [5.41, 5.74) is 6.19. The number of carbonyl (C=O) groups excluding carboxylic acids is 2. The number of aryl methyl sites for hydroxylation is 1. The van der Waals surface area contributed by atoms with Gasteiger partial charge in [0.25, 0.3) is 0 Å². The van der Waals surface area contributed by atoms with Crippen LogP contribution in [0.25, 0.3) is 0 Å². The summed E-state index contributed by atoms with van der Waals surface area (Å²) in [6.45, 7) is 4.16. The topological polar surface area (TPSA) is 93.5 Å². The van der Waals surface area contributed by atoms with Crippen molar-refractivity contribution in [1.82, 2.24) is 10.6 Å². The molecule has 1 unspecified atom stereocenters. The molecule has 1 aromatic carbocycles. The van der Waals surface area contributed by atoms with Crippen LogP contribution in [-0.2, 0) is 9.59 Å². The van der Waals surface area contributed by atoms with Crippen molar-refractivity contribution < 1.29 is 14.3 Å². The van der Waals surface area contributed by atoms with Gasteiger partial charge in [0.05, 0.1) is 19.6 Å². The van der Waals surface area contributed by atoms with Crippen molar-refractivity contribution in [2.45, 2.75) is 26.4 Å². The molecule has 0 fully saturated rings. The molecule has 6 heteroatoms. The first kappa shape index (κ1) is 17.0. The van der Waals surface area contributed by atoms with Gasteiger partial charge in [-0.3, -0.25) is 9.59 Å². The van der Waals surface area contributed by atoms with Crippen LogP contribution in [0.2, 0.25) is 0 Å². The van der Waals surface area contributed by atoms with Crippen molar-refractivity contribution in [2.24, 2.45) is 5.73 Å². The van der Waals surface area contributed by atoms with Crippen molar-refractivity contribution in [3.05, 3.63) is 29.8 Å². The smallest absolute Gasteiger partial charge is 0.239 e. The Balaban J connectivity index is 2.39. The van der Waals surface area contributed by atoms with Gasteiger partial charge in [-0.1, -0.05) is 25.1 Å². The number of hydrogen-bond acceptors (Lipinski definition) is 4. The average Bonchev–Trinajstić information content (AvgIpc) is 2.50. The first-order valence-corrected chi connectivity index (χ1v) is 7.02. The molecule has 21 heavy (non-hydrogen) atoms. The first-order valence-electron chi connectivity index (χ1n) is 7.02. The van der Waals surface area contributed by atoms with Crippen LogP contribution in [0, 0.1) is 6.92 Å². The van der Waals surface area contributed by atoms with Crippen molar-refractivity contribution in [1.29, 1.82) is 0 Å². The number of nitrogens with two attached hydrogens (primary N) is 1. The molecule has 0 bridgehead atoms. The molecule has 2 amide bonds. The standard InChI is InChI=1S/C15H23N3O3/c1-3-12(21-13-7-5-4-6-11(13)2)9-17-15(20)10-18-14(19)8-16/h4-7,12H,3,8-10,16H2,1-2H3,(H,17,20)(H,18,19). The minimum absolute atomic E-state index is 0.0726. The van der Waals surface area contributed by atoms with E-state index in [1.165, 1.54) is 0 Å². The second-order valence-corrected chi connectivity index (χ2v) is 4.70. The Morgan fingerprint density at radius 2 is 1.95 bits per heavy atom. The van der Waals surface area contributed by atoms with Crippen LogP contribution in [0.3, 0.4) is 0 Å². The summed E-state index contributed by atoms with van der Waals surface area (Å²) < 4.78 is 5.87. The van der Waals surface area contributed by atoms with Gasteiger partial charge in [0.15, 0.2) is 0 Å². The Bertz CT molecular complexity index is 477. The van der Waals surface area contributed by atoms with E-state index in [-0.39, 0.29) is 31.0 Å². The van der Waals surface area contributed by atoms with Gasteiger partial charge in [-0.25, -0.2) is 0 Å². The Hall–Kier alpha value is -2.08. The van der Waals surface area contributed by atoms with Crippen LogP contribution in [0.5, 0.6) is 5.75 Å². The van der Waals surface area contributed by atoms with E-state index in [9.17, 15) is 9.59 Å². The summed E-state index contributed by atoms with van der Waals surface area (Å²) >= 11 is 0. The van der Waals surface area contributed by atoms with Gasteiger partial charge in [0.1, 0.15) is 11.9 Å². The third kappa shape index (κ3) is 6.27. The van der Waals surface area contributed by atoms with Gasteiger partial charge in [-0.2, -0.15) is 0 Å². The number of benzene rings is 1. The molecule has 4 N–H and O–H groups in total. The number of amides is 2. The molecule has 1 rings (SSSR count). The lowest BCUT2D eigenvalue weighted by molar-refractivity contribution is -0.125. The van der Waals surface area contributed by atoms with Crippen LogP contribution in [0.15, 0.2) is 24.3 Å². The van der Waals surface area contributed by atoms with Gasteiger partial charge >= 0.3 is 0 Å². The zero-order chi connectivity index (χ0) is 15.7.